The molecule has 2 aromatic carbocycles. The van der Waals surface area contributed by atoms with Gasteiger partial charge >= 0.3 is 0 Å². The summed E-state index contributed by atoms with van der Waals surface area (Å²) >= 11 is 0. The summed E-state index contributed by atoms with van der Waals surface area (Å²) in [5.74, 6) is 0.936. The first kappa shape index (κ1) is 22.9. The van der Waals surface area contributed by atoms with Crippen LogP contribution in [0, 0.1) is 0 Å². The van der Waals surface area contributed by atoms with Gasteiger partial charge in [0.25, 0.3) is 0 Å². The largest absolute Gasteiger partial charge is 0.483 e. The Balaban J connectivity index is 1.28. The average Bonchev–Trinajstić information content (AvgIpc) is 3.32. The quantitative estimate of drug-likeness (QED) is 0.369. The number of benzene rings is 2. The lowest BCUT2D eigenvalue weighted by molar-refractivity contribution is 0.00707. The monoisotopic (exact) mass is 483 g/mol. The second-order valence-corrected chi connectivity index (χ2v) is 10.1. The van der Waals surface area contributed by atoms with Gasteiger partial charge in [0.15, 0.2) is 0 Å². The van der Waals surface area contributed by atoms with Gasteiger partial charge in [-0.15, -0.1) is 0 Å². The Morgan fingerprint density at radius 2 is 1.92 bits per heavy atom. The van der Waals surface area contributed by atoms with Gasteiger partial charge in [0.2, 0.25) is 0 Å². The van der Waals surface area contributed by atoms with E-state index < -0.39 is 0 Å². The zero-order chi connectivity index (χ0) is 24.5. The number of piperidine rings is 1. The second kappa shape index (κ2) is 9.48. The minimum Gasteiger partial charge on any atom is -0.483 e. The number of pyridine rings is 1. The highest BCUT2D eigenvalue weighted by Crippen LogP contribution is 2.43. The number of aromatic amines is 1. The molecular formula is C29H33N5O2. The molecule has 1 spiro atoms. The minimum absolute atomic E-state index is 0.0782. The van der Waals surface area contributed by atoms with Crippen molar-refractivity contribution in [1.82, 2.24) is 14.9 Å². The first-order chi connectivity index (χ1) is 17.6. The summed E-state index contributed by atoms with van der Waals surface area (Å²) in [6.45, 7) is 3.86. The third kappa shape index (κ3) is 4.52. The lowest BCUT2D eigenvalue weighted by Gasteiger charge is -2.48. The van der Waals surface area contributed by atoms with Crippen LogP contribution in [0.4, 0.5) is 17.1 Å². The molecule has 4 heterocycles. The van der Waals surface area contributed by atoms with Crippen molar-refractivity contribution in [3.05, 3.63) is 78.2 Å². The van der Waals surface area contributed by atoms with E-state index in [-0.39, 0.29) is 12.2 Å². The summed E-state index contributed by atoms with van der Waals surface area (Å²) in [4.78, 5) is 12.5. The maximum atomic E-state index is 9.43. The maximum Gasteiger partial charge on any atom is 0.145 e. The summed E-state index contributed by atoms with van der Waals surface area (Å²) in [6.07, 6.45) is 6.88. The highest BCUT2D eigenvalue weighted by Gasteiger charge is 2.41. The summed E-state index contributed by atoms with van der Waals surface area (Å²) in [7, 11) is 2.19. The van der Waals surface area contributed by atoms with E-state index in [1.807, 2.05) is 12.1 Å². The van der Waals surface area contributed by atoms with Crippen molar-refractivity contribution in [2.75, 3.05) is 43.4 Å². The van der Waals surface area contributed by atoms with Gasteiger partial charge in [0.1, 0.15) is 11.4 Å². The number of aliphatic hydroxyl groups excluding tert-OH is 1. The summed E-state index contributed by atoms with van der Waals surface area (Å²) < 4.78 is 6.80. The fraction of sp³-hybridized carbons (Fsp3) is 0.345. The van der Waals surface area contributed by atoms with Gasteiger partial charge in [0.05, 0.1) is 24.5 Å². The van der Waals surface area contributed by atoms with E-state index in [9.17, 15) is 5.11 Å². The number of hydrogen-bond donors (Lipinski definition) is 3. The molecule has 4 aromatic rings. The maximum absolute atomic E-state index is 9.43. The third-order valence-corrected chi connectivity index (χ3v) is 7.60. The molecule has 0 bridgehead atoms. The predicted molar refractivity (Wildman–Crippen MR) is 144 cm³/mol. The number of nitrogens with one attached hydrogen (secondary N) is 2. The second-order valence-electron chi connectivity index (χ2n) is 10.1. The molecule has 2 aliphatic rings. The van der Waals surface area contributed by atoms with Crippen molar-refractivity contribution in [2.24, 2.45) is 0 Å². The molecule has 186 valence electrons. The van der Waals surface area contributed by atoms with Crippen LogP contribution in [0.5, 0.6) is 5.75 Å². The number of aliphatic hydroxyl groups is 1. The number of anilines is 3. The molecule has 0 radical (unpaired) electrons. The molecule has 0 atom stereocenters. The topological polar surface area (TPSA) is 76.7 Å². The normalized spacial score (nSPS) is 17.2. The van der Waals surface area contributed by atoms with E-state index in [0.29, 0.717) is 5.69 Å². The van der Waals surface area contributed by atoms with Crippen molar-refractivity contribution in [1.29, 1.82) is 0 Å². The van der Waals surface area contributed by atoms with Crippen LogP contribution < -0.4 is 15.0 Å². The number of rotatable bonds is 6. The zero-order valence-electron chi connectivity index (χ0n) is 20.7. The van der Waals surface area contributed by atoms with Crippen molar-refractivity contribution in [2.45, 2.75) is 31.5 Å². The van der Waals surface area contributed by atoms with E-state index in [0.717, 1.165) is 68.3 Å². The fourth-order valence-corrected chi connectivity index (χ4v) is 5.52. The Labute approximate surface area is 211 Å². The first-order valence-corrected chi connectivity index (χ1v) is 12.8. The summed E-state index contributed by atoms with van der Waals surface area (Å²) in [5.41, 5.74) is 6.03. The Kier molecular flexibility index (Phi) is 6.03. The third-order valence-electron chi connectivity index (χ3n) is 7.60. The van der Waals surface area contributed by atoms with Gasteiger partial charge in [-0.1, -0.05) is 18.2 Å². The van der Waals surface area contributed by atoms with Crippen LogP contribution in [-0.2, 0) is 13.0 Å². The van der Waals surface area contributed by atoms with Gasteiger partial charge in [-0.3, -0.25) is 4.98 Å². The van der Waals surface area contributed by atoms with E-state index in [2.05, 4.69) is 80.8 Å². The molecule has 0 aliphatic carbocycles. The van der Waals surface area contributed by atoms with Gasteiger partial charge in [-0.05, 0) is 49.4 Å². The van der Waals surface area contributed by atoms with Crippen LogP contribution in [0.3, 0.4) is 0 Å². The molecule has 7 nitrogen and oxygen atoms in total. The molecular weight excluding hydrogens is 450 g/mol. The number of ether oxygens (including phenoxy) is 1. The molecule has 0 saturated carbocycles. The van der Waals surface area contributed by atoms with Crippen LogP contribution in [-0.4, -0.2) is 58.8 Å². The van der Waals surface area contributed by atoms with Crippen LogP contribution in [0.1, 0.15) is 24.1 Å². The zero-order valence-corrected chi connectivity index (χ0v) is 20.7. The number of nitrogens with zero attached hydrogens (tertiary/aromatic N) is 3. The number of hydrogen-bond acceptors (Lipinski definition) is 6. The number of fused-ring (bicyclic) bond motifs is 2. The number of likely N-dealkylation sites (tertiary alicyclic amines) is 1. The van der Waals surface area contributed by atoms with Gasteiger partial charge in [0, 0.05) is 73.2 Å². The molecule has 2 aliphatic heterocycles. The van der Waals surface area contributed by atoms with Crippen LogP contribution in [0.15, 0.2) is 67.0 Å². The number of H-pyrrole nitrogens is 1. The molecule has 0 amide bonds. The van der Waals surface area contributed by atoms with E-state index >= 15 is 0 Å². The number of aromatic nitrogens is 2. The SMILES string of the molecule is CN1CCC2(CC1)CN(CCc1c[nH]c3ccccc13)c1ccc(Nc3ccnc(CO)c3)cc1O2. The highest BCUT2D eigenvalue weighted by atomic mass is 16.5. The molecule has 0 unspecified atom stereocenters. The highest BCUT2D eigenvalue weighted by molar-refractivity contribution is 5.83. The van der Waals surface area contributed by atoms with Crippen LogP contribution >= 0.6 is 0 Å². The molecule has 6 rings (SSSR count). The fourth-order valence-electron chi connectivity index (χ4n) is 5.52. The summed E-state index contributed by atoms with van der Waals surface area (Å²) in [6, 6.07) is 18.7. The predicted octanol–water partition coefficient (Wildman–Crippen LogP) is 4.70. The van der Waals surface area contributed by atoms with Gasteiger partial charge in [-0.2, -0.15) is 0 Å². The molecule has 3 N–H and O–H groups in total. The van der Waals surface area contributed by atoms with Crippen molar-refractivity contribution in [3.8, 4) is 5.75 Å². The number of para-hydroxylation sites is 1. The van der Waals surface area contributed by atoms with Gasteiger partial charge < -0.3 is 29.9 Å². The Bertz CT molecular complexity index is 1360. The lowest BCUT2D eigenvalue weighted by Crippen LogP contribution is -2.56. The van der Waals surface area contributed by atoms with Crippen LogP contribution in [0.2, 0.25) is 0 Å². The van der Waals surface area contributed by atoms with Gasteiger partial charge in [-0.25, -0.2) is 0 Å². The Morgan fingerprint density at radius 3 is 2.78 bits per heavy atom. The van der Waals surface area contributed by atoms with E-state index in [1.54, 1.807) is 6.20 Å². The Morgan fingerprint density at radius 1 is 1.08 bits per heavy atom. The van der Waals surface area contributed by atoms with E-state index in [1.165, 1.54) is 16.5 Å². The summed E-state index contributed by atoms with van der Waals surface area (Å²) in [5, 5.41) is 14.2. The Hall–Kier alpha value is -3.55. The standard InChI is InChI=1S/C29H33N5O2/c1-33-14-10-29(11-15-33)20-34(13-9-21-18-31-26-5-3-2-4-25(21)26)27-7-6-22(17-28(27)36-29)32-23-8-12-30-24(16-23)19-35/h2-8,12,16-18,31,35H,9-11,13-15,19-20H2,1H3,(H,30,32). The molecule has 7 heteroatoms. The van der Waals surface area contributed by atoms with Crippen molar-refractivity contribution < 1.29 is 9.84 Å². The lowest BCUT2D eigenvalue weighted by atomic mass is 9.88. The average molecular weight is 484 g/mol. The van der Waals surface area contributed by atoms with Crippen molar-refractivity contribution in [3.63, 3.8) is 0 Å². The smallest absolute Gasteiger partial charge is 0.145 e. The molecule has 36 heavy (non-hydrogen) atoms. The van der Waals surface area contributed by atoms with Crippen molar-refractivity contribution >= 4 is 28.0 Å². The molecule has 1 saturated heterocycles. The molecule has 2 aromatic heterocycles. The van der Waals surface area contributed by atoms with Crippen LogP contribution in [0.25, 0.3) is 10.9 Å². The minimum atomic E-state index is -0.168. The van der Waals surface area contributed by atoms with E-state index in [4.69, 9.17) is 4.74 Å². The first-order valence-electron chi connectivity index (χ1n) is 12.8. The molecule has 1 fully saturated rings.